The average molecular weight is 207 g/mol. The number of non-ortho nitro benzene ring substituents is 1. The number of nitrogens with two attached hydrogens (primary N) is 2. The number of benzene rings is 1. The van der Waals surface area contributed by atoms with Crippen molar-refractivity contribution in [3.05, 3.63) is 52.2 Å². The highest BCUT2D eigenvalue weighted by Gasteiger charge is 2.07. The van der Waals surface area contributed by atoms with Crippen LogP contribution in [-0.4, -0.2) is 11.0 Å². The van der Waals surface area contributed by atoms with E-state index >= 15 is 0 Å². The summed E-state index contributed by atoms with van der Waals surface area (Å²) in [5.41, 5.74) is 12.5. The molecule has 1 atom stereocenters. The summed E-state index contributed by atoms with van der Waals surface area (Å²) < 4.78 is 0. The molecule has 1 aromatic rings. The van der Waals surface area contributed by atoms with Crippen LogP contribution in [0, 0.1) is 10.1 Å². The number of rotatable bonds is 4. The van der Waals surface area contributed by atoms with Gasteiger partial charge in [0.25, 0.3) is 5.69 Å². The van der Waals surface area contributed by atoms with E-state index in [9.17, 15) is 10.1 Å². The van der Waals surface area contributed by atoms with Gasteiger partial charge in [0.1, 0.15) is 0 Å². The van der Waals surface area contributed by atoms with Gasteiger partial charge in [-0.2, -0.15) is 0 Å². The van der Waals surface area contributed by atoms with E-state index in [0.29, 0.717) is 12.1 Å². The van der Waals surface area contributed by atoms with Crippen molar-refractivity contribution in [3.8, 4) is 0 Å². The molecule has 0 aliphatic rings. The zero-order valence-electron chi connectivity index (χ0n) is 8.22. The van der Waals surface area contributed by atoms with Crippen molar-refractivity contribution in [2.75, 3.05) is 0 Å². The van der Waals surface area contributed by atoms with E-state index in [4.69, 9.17) is 11.5 Å². The van der Waals surface area contributed by atoms with Crippen LogP contribution in [0.1, 0.15) is 5.56 Å². The fraction of sp³-hybridized carbons (Fsp3) is 0.200. The standard InChI is InChI=1S/C10H13N3O2/c1-7(11)10(12)6-8-2-4-9(5-3-8)13(14)15/h2-5,10H,1,6,11-12H2. The van der Waals surface area contributed by atoms with E-state index in [1.165, 1.54) is 12.1 Å². The summed E-state index contributed by atoms with van der Waals surface area (Å²) in [4.78, 5) is 9.95. The molecule has 0 heterocycles. The average Bonchev–Trinajstić information content (AvgIpc) is 2.18. The van der Waals surface area contributed by atoms with Gasteiger partial charge in [-0.05, 0) is 12.0 Å². The molecule has 0 saturated heterocycles. The highest BCUT2D eigenvalue weighted by molar-refractivity contribution is 5.33. The number of nitrogens with zero attached hydrogens (tertiary/aromatic N) is 1. The van der Waals surface area contributed by atoms with Gasteiger partial charge in [-0.3, -0.25) is 10.1 Å². The molecule has 0 aliphatic heterocycles. The Bertz CT molecular complexity index is 373. The molecule has 0 amide bonds. The molecule has 15 heavy (non-hydrogen) atoms. The molecule has 0 aromatic heterocycles. The number of nitro groups is 1. The molecule has 0 spiro atoms. The lowest BCUT2D eigenvalue weighted by molar-refractivity contribution is -0.384. The molecule has 1 aromatic carbocycles. The van der Waals surface area contributed by atoms with Crippen LogP contribution in [0.15, 0.2) is 36.5 Å². The molecular formula is C10H13N3O2. The van der Waals surface area contributed by atoms with E-state index in [1.807, 2.05) is 0 Å². The van der Waals surface area contributed by atoms with Crippen LogP contribution >= 0.6 is 0 Å². The third-order valence-electron chi connectivity index (χ3n) is 2.08. The Kier molecular flexibility index (Phi) is 3.41. The molecular weight excluding hydrogens is 194 g/mol. The third kappa shape index (κ3) is 3.07. The summed E-state index contributed by atoms with van der Waals surface area (Å²) in [7, 11) is 0. The molecule has 0 fully saturated rings. The van der Waals surface area contributed by atoms with Gasteiger partial charge in [0.05, 0.1) is 4.92 Å². The van der Waals surface area contributed by atoms with Crippen LogP contribution in [-0.2, 0) is 6.42 Å². The second kappa shape index (κ2) is 4.56. The predicted molar refractivity (Wildman–Crippen MR) is 58.1 cm³/mol. The second-order valence-corrected chi connectivity index (χ2v) is 3.31. The van der Waals surface area contributed by atoms with E-state index in [1.54, 1.807) is 12.1 Å². The summed E-state index contributed by atoms with van der Waals surface area (Å²) in [6, 6.07) is 5.91. The van der Waals surface area contributed by atoms with Gasteiger partial charge in [-0.15, -0.1) is 0 Å². The summed E-state index contributed by atoms with van der Waals surface area (Å²) in [5, 5.41) is 10.4. The lowest BCUT2D eigenvalue weighted by Gasteiger charge is -2.10. The summed E-state index contributed by atoms with van der Waals surface area (Å²) in [6.45, 7) is 3.54. The molecule has 1 rings (SSSR count). The molecule has 5 nitrogen and oxygen atoms in total. The largest absolute Gasteiger partial charge is 0.401 e. The van der Waals surface area contributed by atoms with E-state index in [-0.39, 0.29) is 11.7 Å². The molecule has 0 bridgehead atoms. The van der Waals surface area contributed by atoms with Crippen molar-refractivity contribution in [2.24, 2.45) is 11.5 Å². The topological polar surface area (TPSA) is 95.2 Å². The van der Waals surface area contributed by atoms with Crippen LogP contribution in [0.5, 0.6) is 0 Å². The van der Waals surface area contributed by atoms with Gasteiger partial charge in [-0.1, -0.05) is 18.7 Å². The molecule has 0 radical (unpaired) electrons. The lowest BCUT2D eigenvalue weighted by atomic mass is 10.0. The van der Waals surface area contributed by atoms with Gasteiger partial charge < -0.3 is 11.5 Å². The first-order valence-corrected chi connectivity index (χ1v) is 4.44. The second-order valence-electron chi connectivity index (χ2n) is 3.31. The monoisotopic (exact) mass is 207 g/mol. The first kappa shape index (κ1) is 11.2. The van der Waals surface area contributed by atoms with Crippen LogP contribution < -0.4 is 11.5 Å². The van der Waals surface area contributed by atoms with Gasteiger partial charge in [0.2, 0.25) is 0 Å². The minimum absolute atomic E-state index is 0.0684. The molecule has 5 heteroatoms. The van der Waals surface area contributed by atoms with Gasteiger partial charge in [0.15, 0.2) is 0 Å². The fourth-order valence-corrected chi connectivity index (χ4v) is 1.14. The fourth-order valence-electron chi connectivity index (χ4n) is 1.14. The van der Waals surface area contributed by atoms with Crippen molar-refractivity contribution >= 4 is 5.69 Å². The molecule has 0 aliphatic carbocycles. The maximum absolute atomic E-state index is 10.4. The SMILES string of the molecule is C=C(N)C(N)Cc1ccc([N+](=O)[O-])cc1. The van der Waals surface area contributed by atoms with Crippen molar-refractivity contribution in [1.82, 2.24) is 0 Å². The smallest absolute Gasteiger partial charge is 0.269 e. The van der Waals surface area contributed by atoms with Crippen molar-refractivity contribution < 1.29 is 4.92 Å². The van der Waals surface area contributed by atoms with Crippen LogP contribution in [0.4, 0.5) is 5.69 Å². The Hall–Kier alpha value is -1.88. The number of nitro benzene ring substituents is 1. The Balaban J connectivity index is 2.72. The summed E-state index contributed by atoms with van der Waals surface area (Å²) in [5.74, 6) is 0. The van der Waals surface area contributed by atoms with E-state index in [2.05, 4.69) is 6.58 Å². The summed E-state index contributed by atoms with van der Waals surface area (Å²) in [6.07, 6.45) is 0.535. The first-order valence-electron chi connectivity index (χ1n) is 4.44. The molecule has 4 N–H and O–H groups in total. The molecule has 80 valence electrons. The Morgan fingerprint density at radius 2 is 2.00 bits per heavy atom. The Morgan fingerprint density at radius 1 is 1.47 bits per heavy atom. The Labute approximate surface area is 87.5 Å². The first-order chi connectivity index (χ1) is 7.00. The van der Waals surface area contributed by atoms with E-state index in [0.717, 1.165) is 5.56 Å². The minimum Gasteiger partial charge on any atom is -0.401 e. The Morgan fingerprint density at radius 3 is 2.40 bits per heavy atom. The van der Waals surface area contributed by atoms with Crippen molar-refractivity contribution in [2.45, 2.75) is 12.5 Å². The van der Waals surface area contributed by atoms with Crippen LogP contribution in [0.25, 0.3) is 0 Å². The maximum atomic E-state index is 10.4. The van der Waals surface area contributed by atoms with Gasteiger partial charge in [-0.25, -0.2) is 0 Å². The minimum atomic E-state index is -0.439. The number of hydrogen-bond acceptors (Lipinski definition) is 4. The van der Waals surface area contributed by atoms with Crippen LogP contribution in [0.2, 0.25) is 0 Å². The van der Waals surface area contributed by atoms with E-state index < -0.39 is 4.92 Å². The molecule has 0 saturated carbocycles. The quantitative estimate of drug-likeness (QED) is 0.567. The predicted octanol–water partition coefficient (Wildman–Crippen LogP) is 0.937. The zero-order chi connectivity index (χ0) is 11.4. The normalized spacial score (nSPS) is 12.1. The third-order valence-corrected chi connectivity index (χ3v) is 2.08. The highest BCUT2D eigenvalue weighted by Crippen LogP contribution is 2.13. The number of hydrogen-bond donors (Lipinski definition) is 2. The van der Waals surface area contributed by atoms with Crippen molar-refractivity contribution in [3.63, 3.8) is 0 Å². The van der Waals surface area contributed by atoms with Crippen LogP contribution in [0.3, 0.4) is 0 Å². The maximum Gasteiger partial charge on any atom is 0.269 e. The van der Waals surface area contributed by atoms with Gasteiger partial charge >= 0.3 is 0 Å². The van der Waals surface area contributed by atoms with Crippen molar-refractivity contribution in [1.29, 1.82) is 0 Å². The van der Waals surface area contributed by atoms with Gasteiger partial charge in [0, 0.05) is 23.9 Å². The molecule has 1 unspecified atom stereocenters. The highest BCUT2D eigenvalue weighted by atomic mass is 16.6. The zero-order valence-corrected chi connectivity index (χ0v) is 8.22. The lowest BCUT2D eigenvalue weighted by Crippen LogP contribution is -2.28. The summed E-state index contributed by atoms with van der Waals surface area (Å²) >= 11 is 0.